The van der Waals surface area contributed by atoms with Crippen molar-refractivity contribution in [2.75, 3.05) is 32.7 Å². The number of hydrogen-bond donors (Lipinski definition) is 1. The number of aliphatic hydroxyl groups excluding tert-OH is 1. The molecule has 0 radical (unpaired) electrons. The number of fused-ring (bicyclic) bond motifs is 3. The summed E-state index contributed by atoms with van der Waals surface area (Å²) in [5, 5.41) is 10.3. The lowest BCUT2D eigenvalue weighted by molar-refractivity contribution is -0.0521. The molecule has 0 aromatic rings. The molecule has 1 N–H and O–H groups in total. The van der Waals surface area contributed by atoms with Gasteiger partial charge in [-0.25, -0.2) is 0 Å². The second kappa shape index (κ2) is 5.48. The lowest BCUT2D eigenvalue weighted by Gasteiger charge is -2.49. The highest BCUT2D eigenvalue weighted by atomic mass is 16.3. The van der Waals surface area contributed by atoms with E-state index in [9.17, 15) is 5.11 Å². The molecule has 16 heavy (non-hydrogen) atoms. The van der Waals surface area contributed by atoms with Gasteiger partial charge in [0.1, 0.15) is 0 Å². The van der Waals surface area contributed by atoms with Crippen molar-refractivity contribution in [3.05, 3.63) is 0 Å². The number of aliphatic hydroxyl groups is 1. The van der Waals surface area contributed by atoms with E-state index in [1.54, 1.807) is 0 Å². The fraction of sp³-hybridized carbons (Fsp3) is 1.00. The molecule has 2 bridgehead atoms. The standard InChI is InChI=1S/C13H26N2O/c1-3-4-11(2)9-13(16)12-10-14-5-7-15(12)8-6-14/h11-13,16H,3-10H2,1-2H3. The molecule has 3 fully saturated rings. The molecule has 3 unspecified atom stereocenters. The van der Waals surface area contributed by atoms with Gasteiger partial charge in [-0.1, -0.05) is 26.7 Å². The molecule has 94 valence electrons. The summed E-state index contributed by atoms with van der Waals surface area (Å²) >= 11 is 0. The Hall–Kier alpha value is -0.120. The van der Waals surface area contributed by atoms with Gasteiger partial charge in [0.15, 0.2) is 0 Å². The smallest absolute Gasteiger partial charge is 0.0710 e. The first kappa shape index (κ1) is 12.3. The molecule has 3 heterocycles. The largest absolute Gasteiger partial charge is 0.391 e. The van der Waals surface area contributed by atoms with Gasteiger partial charge in [-0.05, 0) is 12.3 Å². The van der Waals surface area contributed by atoms with E-state index in [4.69, 9.17) is 0 Å². The topological polar surface area (TPSA) is 26.7 Å². The third-order valence-electron chi connectivity index (χ3n) is 4.19. The lowest BCUT2D eigenvalue weighted by atomic mass is 9.92. The summed E-state index contributed by atoms with van der Waals surface area (Å²) < 4.78 is 0. The zero-order chi connectivity index (χ0) is 11.5. The summed E-state index contributed by atoms with van der Waals surface area (Å²) in [6.45, 7) is 10.3. The van der Waals surface area contributed by atoms with Crippen molar-refractivity contribution in [1.82, 2.24) is 9.80 Å². The van der Waals surface area contributed by atoms with Gasteiger partial charge >= 0.3 is 0 Å². The monoisotopic (exact) mass is 226 g/mol. The maximum absolute atomic E-state index is 10.3. The van der Waals surface area contributed by atoms with E-state index in [1.165, 1.54) is 25.9 Å². The Balaban J connectivity index is 1.82. The quantitative estimate of drug-likeness (QED) is 0.762. The Morgan fingerprint density at radius 1 is 1.25 bits per heavy atom. The molecule has 3 aliphatic rings. The molecule has 0 spiro atoms. The van der Waals surface area contributed by atoms with Crippen LogP contribution in [0, 0.1) is 5.92 Å². The Morgan fingerprint density at radius 2 is 1.94 bits per heavy atom. The summed E-state index contributed by atoms with van der Waals surface area (Å²) in [5.41, 5.74) is 0. The van der Waals surface area contributed by atoms with E-state index in [-0.39, 0.29) is 6.10 Å². The van der Waals surface area contributed by atoms with Crippen LogP contribution in [0.4, 0.5) is 0 Å². The van der Waals surface area contributed by atoms with E-state index < -0.39 is 0 Å². The van der Waals surface area contributed by atoms with E-state index in [0.717, 1.165) is 26.1 Å². The maximum atomic E-state index is 10.3. The van der Waals surface area contributed by atoms with Crippen LogP contribution in [0.15, 0.2) is 0 Å². The summed E-state index contributed by atoms with van der Waals surface area (Å²) in [6, 6.07) is 0.404. The highest BCUT2D eigenvalue weighted by Crippen LogP contribution is 2.23. The summed E-state index contributed by atoms with van der Waals surface area (Å²) in [6.07, 6.45) is 3.33. The SMILES string of the molecule is CCCC(C)CC(O)C1CN2CCN1CC2. The van der Waals surface area contributed by atoms with Crippen LogP contribution in [0.2, 0.25) is 0 Å². The normalized spacial score (nSPS) is 37.3. The zero-order valence-corrected chi connectivity index (χ0v) is 10.7. The van der Waals surface area contributed by atoms with E-state index in [2.05, 4.69) is 23.6 Å². The molecule has 3 atom stereocenters. The molecule has 3 aliphatic heterocycles. The second-order valence-electron chi connectivity index (χ2n) is 5.60. The number of hydrogen-bond acceptors (Lipinski definition) is 3. The zero-order valence-electron chi connectivity index (χ0n) is 10.7. The predicted molar refractivity (Wildman–Crippen MR) is 66.5 cm³/mol. The van der Waals surface area contributed by atoms with Gasteiger partial charge in [0.25, 0.3) is 0 Å². The van der Waals surface area contributed by atoms with Crippen molar-refractivity contribution in [3.63, 3.8) is 0 Å². The molecule has 0 aromatic heterocycles. The van der Waals surface area contributed by atoms with Gasteiger partial charge in [-0.15, -0.1) is 0 Å². The van der Waals surface area contributed by atoms with Crippen LogP contribution in [0.25, 0.3) is 0 Å². The Bertz CT molecular complexity index is 214. The molecule has 3 rings (SSSR count). The van der Waals surface area contributed by atoms with Crippen LogP contribution in [0.5, 0.6) is 0 Å². The van der Waals surface area contributed by atoms with Crippen molar-refractivity contribution < 1.29 is 5.11 Å². The van der Waals surface area contributed by atoms with Crippen LogP contribution in [-0.2, 0) is 0 Å². The molecule has 0 aliphatic carbocycles. The Morgan fingerprint density at radius 3 is 2.44 bits per heavy atom. The summed E-state index contributed by atoms with van der Waals surface area (Å²) in [5.74, 6) is 0.664. The van der Waals surface area contributed by atoms with E-state index >= 15 is 0 Å². The van der Waals surface area contributed by atoms with Crippen molar-refractivity contribution in [1.29, 1.82) is 0 Å². The summed E-state index contributed by atoms with van der Waals surface area (Å²) in [7, 11) is 0. The van der Waals surface area contributed by atoms with Crippen molar-refractivity contribution >= 4 is 0 Å². The average Bonchev–Trinajstić information content (AvgIpc) is 2.30. The van der Waals surface area contributed by atoms with Crippen LogP contribution in [-0.4, -0.2) is 59.8 Å². The van der Waals surface area contributed by atoms with Gasteiger partial charge in [-0.3, -0.25) is 9.80 Å². The molecule has 0 aromatic carbocycles. The first-order valence-corrected chi connectivity index (χ1v) is 6.85. The molecule has 3 nitrogen and oxygen atoms in total. The van der Waals surface area contributed by atoms with Crippen molar-refractivity contribution in [3.8, 4) is 0 Å². The first-order valence-electron chi connectivity index (χ1n) is 6.85. The minimum Gasteiger partial charge on any atom is -0.391 e. The van der Waals surface area contributed by atoms with Crippen LogP contribution >= 0.6 is 0 Å². The maximum Gasteiger partial charge on any atom is 0.0710 e. The second-order valence-corrected chi connectivity index (χ2v) is 5.60. The fourth-order valence-electron chi connectivity index (χ4n) is 3.20. The number of nitrogens with zero attached hydrogens (tertiary/aromatic N) is 2. The average molecular weight is 226 g/mol. The van der Waals surface area contributed by atoms with Crippen LogP contribution < -0.4 is 0 Å². The molecule has 0 saturated carbocycles. The van der Waals surface area contributed by atoms with Gasteiger partial charge < -0.3 is 5.11 Å². The predicted octanol–water partition coefficient (Wildman–Crippen LogP) is 1.17. The minimum absolute atomic E-state index is 0.121. The molecular formula is C13H26N2O. The van der Waals surface area contributed by atoms with Crippen molar-refractivity contribution in [2.45, 2.75) is 45.3 Å². The minimum atomic E-state index is -0.121. The first-order chi connectivity index (χ1) is 7.70. The van der Waals surface area contributed by atoms with Crippen molar-refractivity contribution in [2.24, 2.45) is 5.92 Å². The van der Waals surface area contributed by atoms with E-state index in [0.29, 0.717) is 12.0 Å². The number of piperazine rings is 3. The van der Waals surface area contributed by atoms with Gasteiger partial charge in [0.05, 0.1) is 6.10 Å². The molecule has 3 heteroatoms. The Labute approximate surface area is 99.4 Å². The third-order valence-corrected chi connectivity index (χ3v) is 4.19. The molecule has 3 saturated heterocycles. The number of rotatable bonds is 5. The fourth-order valence-corrected chi connectivity index (χ4v) is 3.20. The van der Waals surface area contributed by atoms with Gasteiger partial charge in [0, 0.05) is 38.8 Å². The van der Waals surface area contributed by atoms with Gasteiger partial charge in [0.2, 0.25) is 0 Å². The van der Waals surface area contributed by atoms with E-state index in [1.807, 2.05) is 0 Å². The summed E-state index contributed by atoms with van der Waals surface area (Å²) in [4.78, 5) is 4.99. The highest BCUT2D eigenvalue weighted by Gasteiger charge is 2.36. The molecule has 0 amide bonds. The van der Waals surface area contributed by atoms with Gasteiger partial charge in [-0.2, -0.15) is 0 Å². The van der Waals surface area contributed by atoms with Crippen LogP contribution in [0.1, 0.15) is 33.1 Å². The molecular weight excluding hydrogens is 200 g/mol. The highest BCUT2D eigenvalue weighted by molar-refractivity contribution is 4.92. The Kier molecular flexibility index (Phi) is 4.22. The van der Waals surface area contributed by atoms with Crippen LogP contribution in [0.3, 0.4) is 0 Å². The third kappa shape index (κ3) is 2.76. The lowest BCUT2D eigenvalue weighted by Crippen LogP contribution is -2.64.